The summed E-state index contributed by atoms with van der Waals surface area (Å²) in [5.74, 6) is -0.430. The number of benzene rings is 1. The number of carbonyl (C=O) groups is 1. The molecular formula is C16H22BFO4. The van der Waals surface area contributed by atoms with Gasteiger partial charge in [-0.25, -0.2) is 4.39 Å². The Morgan fingerprint density at radius 1 is 1.14 bits per heavy atom. The maximum atomic E-state index is 11.9. The van der Waals surface area contributed by atoms with Gasteiger partial charge in [0, 0.05) is 0 Å². The fourth-order valence-electron chi connectivity index (χ4n) is 2.14. The van der Waals surface area contributed by atoms with Crippen molar-refractivity contribution in [3.05, 3.63) is 29.8 Å². The van der Waals surface area contributed by atoms with Crippen molar-refractivity contribution in [3.8, 4) is 0 Å². The Hall–Kier alpha value is -1.40. The molecule has 1 heterocycles. The van der Waals surface area contributed by atoms with E-state index in [1.54, 1.807) is 0 Å². The Morgan fingerprint density at radius 3 is 2.18 bits per heavy atom. The first-order chi connectivity index (χ1) is 10.2. The molecule has 0 aliphatic carbocycles. The predicted molar refractivity (Wildman–Crippen MR) is 82.8 cm³/mol. The number of ether oxygens (including phenoxy) is 1. The molecule has 4 nitrogen and oxygen atoms in total. The summed E-state index contributed by atoms with van der Waals surface area (Å²) in [4.78, 5) is 11.4. The Balaban J connectivity index is 2.00. The molecule has 120 valence electrons. The van der Waals surface area contributed by atoms with Crippen LogP contribution in [-0.4, -0.2) is 37.6 Å². The minimum atomic E-state index is -0.660. The first-order valence-electron chi connectivity index (χ1n) is 7.41. The van der Waals surface area contributed by atoms with Crippen molar-refractivity contribution in [2.45, 2.75) is 45.3 Å². The summed E-state index contributed by atoms with van der Waals surface area (Å²) in [6.45, 7) is 7.16. The molecule has 1 saturated heterocycles. The Kier molecular flexibility index (Phi) is 4.92. The van der Waals surface area contributed by atoms with Gasteiger partial charge in [-0.3, -0.25) is 4.79 Å². The Bertz CT molecular complexity index is 511. The molecule has 0 unspecified atom stereocenters. The monoisotopic (exact) mass is 308 g/mol. The summed E-state index contributed by atoms with van der Waals surface area (Å²) in [7, 11) is -0.419. The van der Waals surface area contributed by atoms with Crippen LogP contribution in [0.5, 0.6) is 0 Å². The van der Waals surface area contributed by atoms with Crippen LogP contribution >= 0.6 is 0 Å². The Labute approximate surface area is 131 Å². The third-order valence-electron chi connectivity index (χ3n) is 4.19. The van der Waals surface area contributed by atoms with Crippen molar-refractivity contribution >= 4 is 18.6 Å². The molecule has 0 amide bonds. The van der Waals surface area contributed by atoms with Crippen molar-refractivity contribution in [2.75, 3.05) is 13.3 Å². The van der Waals surface area contributed by atoms with E-state index in [9.17, 15) is 9.18 Å². The number of hydrogen-bond donors (Lipinski definition) is 0. The van der Waals surface area contributed by atoms with Gasteiger partial charge >= 0.3 is 13.1 Å². The number of rotatable bonds is 5. The SMILES string of the molecule is CC1(C)OB(c2ccc(CC(=O)OCCF)cc2)OC1(C)C. The Morgan fingerprint density at radius 2 is 1.68 bits per heavy atom. The molecule has 1 aliphatic rings. The van der Waals surface area contributed by atoms with E-state index in [1.165, 1.54) is 0 Å². The van der Waals surface area contributed by atoms with E-state index in [2.05, 4.69) is 0 Å². The maximum Gasteiger partial charge on any atom is 0.494 e. The number of esters is 1. The molecule has 0 spiro atoms. The van der Waals surface area contributed by atoms with Gasteiger partial charge in [0.1, 0.15) is 13.3 Å². The second-order valence-corrected chi connectivity index (χ2v) is 6.42. The molecule has 0 aromatic heterocycles. The summed E-state index contributed by atoms with van der Waals surface area (Å²) >= 11 is 0. The smallest absolute Gasteiger partial charge is 0.463 e. The zero-order valence-corrected chi connectivity index (χ0v) is 13.5. The highest BCUT2D eigenvalue weighted by atomic mass is 19.1. The van der Waals surface area contributed by atoms with Gasteiger partial charge < -0.3 is 14.0 Å². The van der Waals surface area contributed by atoms with E-state index in [1.807, 2.05) is 52.0 Å². The lowest BCUT2D eigenvalue weighted by molar-refractivity contribution is -0.143. The molecule has 0 radical (unpaired) electrons. The topological polar surface area (TPSA) is 44.8 Å². The number of carbonyl (C=O) groups excluding carboxylic acids is 1. The first kappa shape index (κ1) is 17.0. The largest absolute Gasteiger partial charge is 0.494 e. The van der Waals surface area contributed by atoms with Gasteiger partial charge in [-0.2, -0.15) is 0 Å². The zero-order valence-electron chi connectivity index (χ0n) is 13.5. The third kappa shape index (κ3) is 3.68. The minimum absolute atomic E-state index is 0.129. The minimum Gasteiger partial charge on any atom is -0.463 e. The van der Waals surface area contributed by atoms with Crippen LogP contribution in [0.3, 0.4) is 0 Å². The average Bonchev–Trinajstić information content (AvgIpc) is 2.66. The molecule has 6 heteroatoms. The summed E-state index contributed by atoms with van der Waals surface area (Å²) in [5.41, 5.74) is 0.947. The summed E-state index contributed by atoms with van der Waals surface area (Å²) < 4.78 is 28.6. The van der Waals surface area contributed by atoms with E-state index >= 15 is 0 Å². The fourth-order valence-corrected chi connectivity index (χ4v) is 2.14. The van der Waals surface area contributed by atoms with Crippen LogP contribution in [0.1, 0.15) is 33.3 Å². The average molecular weight is 308 g/mol. The number of halogens is 1. The number of hydrogen-bond acceptors (Lipinski definition) is 4. The summed E-state index contributed by atoms with van der Waals surface area (Å²) in [6.07, 6.45) is 0.129. The van der Waals surface area contributed by atoms with Gasteiger partial charge in [-0.1, -0.05) is 24.3 Å². The van der Waals surface area contributed by atoms with Crippen LogP contribution in [0, 0.1) is 0 Å². The zero-order chi connectivity index (χ0) is 16.4. The van der Waals surface area contributed by atoms with Crippen LogP contribution in [0.15, 0.2) is 24.3 Å². The van der Waals surface area contributed by atoms with Crippen molar-refractivity contribution < 1.29 is 23.2 Å². The van der Waals surface area contributed by atoms with E-state index < -0.39 is 19.8 Å². The standard InChI is InChI=1S/C16H22BFO4/c1-15(2)16(3,4)22-17(21-15)13-7-5-12(6-8-13)11-14(19)20-10-9-18/h5-8H,9-11H2,1-4H3. The highest BCUT2D eigenvalue weighted by molar-refractivity contribution is 6.62. The van der Waals surface area contributed by atoms with Gasteiger partial charge in [0.25, 0.3) is 0 Å². The first-order valence-corrected chi connectivity index (χ1v) is 7.41. The molecular weight excluding hydrogens is 286 g/mol. The highest BCUT2D eigenvalue weighted by Gasteiger charge is 2.51. The van der Waals surface area contributed by atoms with Crippen LogP contribution in [-0.2, 0) is 25.3 Å². The lowest BCUT2D eigenvalue weighted by Gasteiger charge is -2.32. The van der Waals surface area contributed by atoms with Crippen molar-refractivity contribution in [3.63, 3.8) is 0 Å². The second kappa shape index (κ2) is 6.38. The van der Waals surface area contributed by atoms with Gasteiger partial charge in [0.05, 0.1) is 17.6 Å². The molecule has 0 N–H and O–H groups in total. The van der Waals surface area contributed by atoms with E-state index in [0.29, 0.717) is 0 Å². The highest BCUT2D eigenvalue weighted by Crippen LogP contribution is 2.36. The van der Waals surface area contributed by atoms with Crippen molar-refractivity contribution in [2.24, 2.45) is 0 Å². The van der Waals surface area contributed by atoms with Crippen LogP contribution in [0.4, 0.5) is 4.39 Å². The van der Waals surface area contributed by atoms with E-state index in [0.717, 1.165) is 11.0 Å². The summed E-state index contributed by atoms with van der Waals surface area (Å²) in [6, 6.07) is 7.41. The van der Waals surface area contributed by atoms with E-state index in [-0.39, 0.29) is 24.2 Å². The van der Waals surface area contributed by atoms with Gasteiger partial charge in [0.2, 0.25) is 0 Å². The molecule has 0 atom stereocenters. The summed E-state index contributed by atoms with van der Waals surface area (Å²) in [5, 5.41) is 0. The molecule has 1 fully saturated rings. The molecule has 0 bridgehead atoms. The fraction of sp³-hybridized carbons (Fsp3) is 0.562. The molecule has 1 aromatic carbocycles. The maximum absolute atomic E-state index is 11.9. The van der Waals surface area contributed by atoms with Gasteiger partial charge in [-0.15, -0.1) is 0 Å². The van der Waals surface area contributed by atoms with E-state index in [4.69, 9.17) is 14.0 Å². The number of alkyl halides is 1. The molecule has 0 saturated carbocycles. The van der Waals surface area contributed by atoms with Crippen LogP contribution < -0.4 is 5.46 Å². The lowest BCUT2D eigenvalue weighted by atomic mass is 9.79. The van der Waals surface area contributed by atoms with Crippen molar-refractivity contribution in [1.29, 1.82) is 0 Å². The van der Waals surface area contributed by atoms with Gasteiger partial charge in [0.15, 0.2) is 0 Å². The molecule has 22 heavy (non-hydrogen) atoms. The normalized spacial score (nSPS) is 19.2. The quantitative estimate of drug-likeness (QED) is 0.617. The second-order valence-electron chi connectivity index (χ2n) is 6.42. The molecule has 1 aliphatic heterocycles. The van der Waals surface area contributed by atoms with Gasteiger partial charge in [-0.05, 0) is 38.7 Å². The van der Waals surface area contributed by atoms with Crippen LogP contribution in [0.2, 0.25) is 0 Å². The molecule has 2 rings (SSSR count). The lowest BCUT2D eigenvalue weighted by Crippen LogP contribution is -2.41. The van der Waals surface area contributed by atoms with Crippen LogP contribution in [0.25, 0.3) is 0 Å². The third-order valence-corrected chi connectivity index (χ3v) is 4.19. The predicted octanol–water partition coefficient (Wildman–Crippen LogP) is 2.04. The molecule has 1 aromatic rings. The van der Waals surface area contributed by atoms with Crippen molar-refractivity contribution in [1.82, 2.24) is 0 Å².